The molecule has 132 valence electrons. The molecule has 0 aliphatic carbocycles. The fraction of sp³-hybridized carbons (Fsp3) is 0.211. The quantitative estimate of drug-likeness (QED) is 0.678. The highest BCUT2D eigenvalue weighted by Crippen LogP contribution is 2.30. The minimum atomic E-state index is -0.488. The summed E-state index contributed by atoms with van der Waals surface area (Å²) >= 11 is 0. The van der Waals surface area contributed by atoms with Gasteiger partial charge >= 0.3 is 5.97 Å². The fourth-order valence-electron chi connectivity index (χ4n) is 3.12. The average molecular weight is 351 g/mol. The molecule has 0 radical (unpaired) electrons. The lowest BCUT2D eigenvalue weighted by atomic mass is 10.1. The minimum absolute atomic E-state index is 0.132. The van der Waals surface area contributed by atoms with Crippen LogP contribution in [0.15, 0.2) is 47.3 Å². The third-order valence-corrected chi connectivity index (χ3v) is 4.36. The van der Waals surface area contributed by atoms with E-state index in [0.29, 0.717) is 22.7 Å². The number of carbonyl (C=O) groups is 2. The van der Waals surface area contributed by atoms with Crippen molar-refractivity contribution in [1.82, 2.24) is 14.5 Å². The molecule has 0 unspecified atom stereocenters. The van der Waals surface area contributed by atoms with Crippen LogP contribution >= 0.6 is 0 Å². The smallest absolute Gasteiger partial charge is 0.358 e. The number of furan rings is 1. The van der Waals surface area contributed by atoms with E-state index in [4.69, 9.17) is 9.15 Å². The van der Waals surface area contributed by atoms with E-state index in [0.717, 1.165) is 5.56 Å². The van der Waals surface area contributed by atoms with E-state index in [9.17, 15) is 9.59 Å². The zero-order valence-corrected chi connectivity index (χ0v) is 14.4. The summed E-state index contributed by atoms with van der Waals surface area (Å²) in [7, 11) is 1.70. The van der Waals surface area contributed by atoms with Crippen molar-refractivity contribution >= 4 is 11.9 Å². The highest BCUT2D eigenvalue weighted by Gasteiger charge is 2.29. The van der Waals surface area contributed by atoms with Crippen LogP contribution in [-0.2, 0) is 11.3 Å². The van der Waals surface area contributed by atoms with Crippen LogP contribution < -0.4 is 0 Å². The molecule has 1 aliphatic rings. The number of benzene rings is 1. The molecule has 2 aromatic heterocycles. The molecular formula is C19H17N3O4. The molecule has 0 bridgehead atoms. The first kappa shape index (κ1) is 16.1. The molecule has 3 aromatic rings. The standard InChI is InChI=1S/C19H17N3O4/c1-3-25-19(24)17-15-10-21(2)18(23)13-9-12(16-5-4-8-26-16)6-7-14(13)22(15)11-20-17/h4-9,11H,3,10H2,1-2H3. The number of rotatable bonds is 3. The topological polar surface area (TPSA) is 77.6 Å². The summed E-state index contributed by atoms with van der Waals surface area (Å²) in [5, 5.41) is 0. The van der Waals surface area contributed by atoms with Gasteiger partial charge in [-0.05, 0) is 37.3 Å². The lowest BCUT2D eigenvalue weighted by Crippen LogP contribution is -2.26. The highest BCUT2D eigenvalue weighted by molar-refractivity contribution is 6.00. The van der Waals surface area contributed by atoms with Gasteiger partial charge in [-0.25, -0.2) is 9.78 Å². The van der Waals surface area contributed by atoms with Crippen molar-refractivity contribution in [3.63, 3.8) is 0 Å². The monoisotopic (exact) mass is 351 g/mol. The van der Waals surface area contributed by atoms with Crippen LogP contribution in [0.25, 0.3) is 17.0 Å². The Bertz CT molecular complexity index is 988. The summed E-state index contributed by atoms with van der Waals surface area (Å²) in [5.74, 6) is 0.0650. The molecule has 3 heterocycles. The molecule has 0 saturated carbocycles. The van der Waals surface area contributed by atoms with Gasteiger partial charge in [0.2, 0.25) is 0 Å². The number of imidazole rings is 1. The molecule has 0 saturated heterocycles. The van der Waals surface area contributed by atoms with Crippen molar-refractivity contribution in [1.29, 1.82) is 0 Å². The van der Waals surface area contributed by atoms with Crippen LogP contribution in [0.3, 0.4) is 0 Å². The number of hydrogen-bond donors (Lipinski definition) is 0. The Balaban J connectivity index is 1.87. The zero-order chi connectivity index (χ0) is 18.3. The maximum atomic E-state index is 12.9. The number of aromatic nitrogens is 2. The molecule has 7 nitrogen and oxygen atoms in total. The summed E-state index contributed by atoms with van der Waals surface area (Å²) in [6.07, 6.45) is 3.15. The number of amides is 1. The van der Waals surface area contributed by atoms with Gasteiger partial charge in [0.05, 0.1) is 36.4 Å². The van der Waals surface area contributed by atoms with Crippen LogP contribution in [0.5, 0.6) is 0 Å². The summed E-state index contributed by atoms with van der Waals surface area (Å²) < 4.78 is 12.3. The number of carbonyl (C=O) groups excluding carboxylic acids is 2. The minimum Gasteiger partial charge on any atom is -0.464 e. The fourth-order valence-corrected chi connectivity index (χ4v) is 3.12. The van der Waals surface area contributed by atoms with Gasteiger partial charge in [0.1, 0.15) is 12.1 Å². The van der Waals surface area contributed by atoms with Gasteiger partial charge in [-0.15, -0.1) is 0 Å². The van der Waals surface area contributed by atoms with Crippen LogP contribution in [-0.4, -0.2) is 40.0 Å². The van der Waals surface area contributed by atoms with E-state index in [-0.39, 0.29) is 24.8 Å². The lowest BCUT2D eigenvalue weighted by Gasteiger charge is -2.14. The number of ether oxygens (including phenoxy) is 1. The zero-order valence-electron chi connectivity index (χ0n) is 14.4. The molecule has 1 aromatic carbocycles. The van der Waals surface area contributed by atoms with Crippen LogP contribution in [0.2, 0.25) is 0 Å². The van der Waals surface area contributed by atoms with Gasteiger partial charge in [-0.2, -0.15) is 0 Å². The van der Waals surface area contributed by atoms with Crippen molar-refractivity contribution < 1.29 is 18.7 Å². The second-order valence-electron chi connectivity index (χ2n) is 6.00. The molecule has 1 amide bonds. The van der Waals surface area contributed by atoms with Crippen LogP contribution in [0, 0.1) is 0 Å². The average Bonchev–Trinajstić information content (AvgIpc) is 3.29. The maximum absolute atomic E-state index is 12.9. The van der Waals surface area contributed by atoms with Crippen molar-refractivity contribution in [2.75, 3.05) is 13.7 Å². The Morgan fingerprint density at radius 2 is 2.19 bits per heavy atom. The summed E-state index contributed by atoms with van der Waals surface area (Å²) in [4.78, 5) is 30.8. The van der Waals surface area contributed by atoms with Crippen molar-refractivity contribution in [2.24, 2.45) is 0 Å². The van der Waals surface area contributed by atoms with E-state index in [1.165, 1.54) is 0 Å². The van der Waals surface area contributed by atoms with Gasteiger partial charge in [0.15, 0.2) is 5.69 Å². The number of fused-ring (bicyclic) bond motifs is 3. The molecule has 0 N–H and O–H groups in total. The Morgan fingerprint density at radius 1 is 1.35 bits per heavy atom. The van der Waals surface area contributed by atoms with E-state index in [1.54, 1.807) is 48.2 Å². The highest BCUT2D eigenvalue weighted by atomic mass is 16.5. The SMILES string of the molecule is CCOC(=O)c1ncn2c1CN(C)C(=O)c1cc(-c3ccco3)ccc1-2. The first-order valence-electron chi connectivity index (χ1n) is 8.27. The lowest BCUT2D eigenvalue weighted by molar-refractivity contribution is 0.0516. The normalized spacial score (nSPS) is 13.2. The van der Waals surface area contributed by atoms with Gasteiger partial charge < -0.3 is 14.1 Å². The third-order valence-electron chi connectivity index (χ3n) is 4.36. The summed E-state index contributed by atoms with van der Waals surface area (Å²) in [6.45, 7) is 2.27. The predicted octanol–water partition coefficient (Wildman–Crippen LogP) is 2.89. The Morgan fingerprint density at radius 3 is 2.92 bits per heavy atom. The molecule has 0 spiro atoms. The number of nitrogens with zero attached hydrogens (tertiary/aromatic N) is 3. The molecule has 0 atom stereocenters. The van der Waals surface area contributed by atoms with E-state index in [2.05, 4.69) is 4.98 Å². The van der Waals surface area contributed by atoms with Gasteiger partial charge in [-0.3, -0.25) is 9.36 Å². The maximum Gasteiger partial charge on any atom is 0.358 e. The first-order valence-corrected chi connectivity index (χ1v) is 8.27. The van der Waals surface area contributed by atoms with Crippen molar-refractivity contribution in [3.05, 3.63) is 59.9 Å². The van der Waals surface area contributed by atoms with Crippen molar-refractivity contribution in [2.45, 2.75) is 13.5 Å². The van der Waals surface area contributed by atoms with E-state index >= 15 is 0 Å². The van der Waals surface area contributed by atoms with Gasteiger partial charge in [-0.1, -0.05) is 0 Å². The Hall–Kier alpha value is -3.35. The van der Waals surface area contributed by atoms with Gasteiger partial charge in [0, 0.05) is 12.6 Å². The van der Waals surface area contributed by atoms with Crippen LogP contribution in [0.1, 0.15) is 33.5 Å². The van der Waals surface area contributed by atoms with Gasteiger partial charge in [0.25, 0.3) is 5.91 Å². The Kier molecular flexibility index (Phi) is 3.84. The largest absolute Gasteiger partial charge is 0.464 e. The Labute approximate surface area is 149 Å². The predicted molar refractivity (Wildman–Crippen MR) is 93.0 cm³/mol. The summed E-state index contributed by atoms with van der Waals surface area (Å²) in [6, 6.07) is 9.16. The third kappa shape index (κ3) is 2.48. The molecule has 0 fully saturated rings. The van der Waals surface area contributed by atoms with E-state index < -0.39 is 5.97 Å². The van der Waals surface area contributed by atoms with Crippen molar-refractivity contribution in [3.8, 4) is 17.0 Å². The molecule has 26 heavy (non-hydrogen) atoms. The molecular weight excluding hydrogens is 334 g/mol. The number of esters is 1. The number of hydrogen-bond acceptors (Lipinski definition) is 5. The second-order valence-corrected chi connectivity index (χ2v) is 6.00. The van der Waals surface area contributed by atoms with Crippen LogP contribution in [0.4, 0.5) is 0 Å². The molecule has 4 rings (SSSR count). The second kappa shape index (κ2) is 6.18. The summed E-state index contributed by atoms with van der Waals surface area (Å²) in [5.41, 5.74) is 2.86. The first-order chi connectivity index (χ1) is 12.6. The molecule has 7 heteroatoms. The molecule has 1 aliphatic heterocycles. The van der Waals surface area contributed by atoms with E-state index in [1.807, 2.05) is 18.2 Å².